The van der Waals surface area contributed by atoms with Crippen LogP contribution in [0.2, 0.25) is 0 Å². The van der Waals surface area contributed by atoms with Crippen LogP contribution >= 0.6 is 0 Å². The van der Waals surface area contributed by atoms with Gasteiger partial charge in [-0.25, -0.2) is 0 Å². The minimum absolute atomic E-state index is 0.381. The highest BCUT2D eigenvalue weighted by Gasteiger charge is 2.15. The van der Waals surface area contributed by atoms with Crippen molar-refractivity contribution in [3.63, 3.8) is 0 Å². The Morgan fingerprint density at radius 1 is 1.04 bits per heavy atom. The van der Waals surface area contributed by atoms with Gasteiger partial charge in [-0.2, -0.15) is 5.10 Å². The van der Waals surface area contributed by atoms with Gasteiger partial charge >= 0.3 is 0 Å². The molecule has 4 aromatic rings. The molecule has 0 aliphatic heterocycles. The molecule has 0 aliphatic rings. The zero-order valence-corrected chi connectivity index (χ0v) is 13.8. The second-order valence-electron chi connectivity index (χ2n) is 5.62. The van der Waals surface area contributed by atoms with Gasteiger partial charge in [-0.3, -0.25) is 4.68 Å². The van der Waals surface area contributed by atoms with E-state index in [1.54, 1.807) is 13.1 Å². The van der Waals surface area contributed by atoms with Crippen LogP contribution in [0.3, 0.4) is 0 Å². The molecule has 0 fully saturated rings. The number of aryl methyl sites for hydroxylation is 2. The van der Waals surface area contributed by atoms with Gasteiger partial charge in [0.05, 0.1) is 0 Å². The molecule has 4 rings (SSSR count). The maximum Gasteiger partial charge on any atom is 0.268 e. The maximum absolute atomic E-state index is 5.50. The van der Waals surface area contributed by atoms with E-state index in [-0.39, 0.29) is 0 Å². The number of nitrogens with one attached hydrogen (secondary N) is 1. The minimum atomic E-state index is 0.381. The Kier molecular flexibility index (Phi) is 4.07. The van der Waals surface area contributed by atoms with E-state index in [2.05, 4.69) is 30.8 Å². The van der Waals surface area contributed by atoms with Crippen LogP contribution in [-0.2, 0) is 6.54 Å². The fraction of sp³-hybridized carbons (Fsp3) is 0.235. The molecule has 3 heterocycles. The van der Waals surface area contributed by atoms with E-state index in [9.17, 15) is 0 Å². The highest BCUT2D eigenvalue weighted by atomic mass is 16.4. The summed E-state index contributed by atoms with van der Waals surface area (Å²) in [6.45, 7) is 3.38. The predicted molar refractivity (Wildman–Crippen MR) is 92.9 cm³/mol. The van der Waals surface area contributed by atoms with Crippen LogP contribution in [0.5, 0.6) is 0 Å². The van der Waals surface area contributed by atoms with Crippen LogP contribution in [0, 0.1) is 6.92 Å². The van der Waals surface area contributed by atoms with E-state index in [0.717, 1.165) is 36.1 Å². The summed E-state index contributed by atoms with van der Waals surface area (Å²) in [6, 6.07) is 9.84. The highest BCUT2D eigenvalue weighted by molar-refractivity contribution is 5.98. The first-order valence-corrected chi connectivity index (χ1v) is 8.08. The molecule has 0 radical (unpaired) electrons. The summed E-state index contributed by atoms with van der Waals surface area (Å²) in [4.78, 5) is 0. The van der Waals surface area contributed by atoms with Crippen LogP contribution in [0.15, 0.2) is 47.1 Å². The fourth-order valence-corrected chi connectivity index (χ4v) is 2.67. The summed E-state index contributed by atoms with van der Waals surface area (Å²) in [5, 5.41) is 26.0. The standard InChI is InChI=1S/C17H17N7O/c1-12-20-23-17(25-12)15-13-6-2-3-7-14(13)16(22-21-15)18-8-4-10-24-11-5-9-19-24/h2-3,5-7,9,11H,4,8,10H2,1H3,(H,18,22). The van der Waals surface area contributed by atoms with Crippen molar-refractivity contribution in [2.45, 2.75) is 19.9 Å². The van der Waals surface area contributed by atoms with Crippen molar-refractivity contribution >= 4 is 16.6 Å². The molecule has 0 saturated heterocycles. The molecule has 0 aliphatic carbocycles. The molecule has 0 bridgehead atoms. The number of hydrogen-bond donors (Lipinski definition) is 1. The molecule has 0 atom stereocenters. The van der Waals surface area contributed by atoms with Crippen molar-refractivity contribution in [1.29, 1.82) is 0 Å². The lowest BCUT2D eigenvalue weighted by atomic mass is 10.1. The number of hydrogen-bond acceptors (Lipinski definition) is 7. The molecule has 0 unspecified atom stereocenters. The summed E-state index contributed by atoms with van der Waals surface area (Å²) in [5.41, 5.74) is 0.596. The number of aromatic nitrogens is 6. The first kappa shape index (κ1) is 15.3. The van der Waals surface area contributed by atoms with Gasteiger partial charge in [-0.15, -0.1) is 20.4 Å². The molecule has 25 heavy (non-hydrogen) atoms. The van der Waals surface area contributed by atoms with Crippen molar-refractivity contribution in [1.82, 2.24) is 30.2 Å². The predicted octanol–water partition coefficient (Wildman–Crippen LogP) is 2.69. The first-order chi connectivity index (χ1) is 12.3. The van der Waals surface area contributed by atoms with Crippen molar-refractivity contribution in [3.05, 3.63) is 48.6 Å². The third-order valence-electron chi connectivity index (χ3n) is 3.83. The van der Waals surface area contributed by atoms with Gasteiger partial charge in [-0.1, -0.05) is 24.3 Å². The van der Waals surface area contributed by atoms with Gasteiger partial charge in [0.25, 0.3) is 5.89 Å². The maximum atomic E-state index is 5.50. The average Bonchev–Trinajstić information content (AvgIpc) is 3.30. The molecule has 3 aromatic heterocycles. The second kappa shape index (κ2) is 6.68. The molecule has 0 amide bonds. The Morgan fingerprint density at radius 2 is 1.92 bits per heavy atom. The van der Waals surface area contributed by atoms with E-state index in [1.165, 1.54) is 0 Å². The fourth-order valence-electron chi connectivity index (χ4n) is 2.67. The topological polar surface area (TPSA) is 94.6 Å². The lowest BCUT2D eigenvalue weighted by molar-refractivity contribution is 0.531. The largest absolute Gasteiger partial charge is 0.420 e. The SMILES string of the molecule is Cc1nnc(-c2nnc(NCCCn3cccn3)c3ccccc23)o1. The summed E-state index contributed by atoms with van der Waals surface area (Å²) in [6.07, 6.45) is 4.67. The van der Waals surface area contributed by atoms with Crippen LogP contribution < -0.4 is 5.32 Å². The van der Waals surface area contributed by atoms with Crippen molar-refractivity contribution in [2.75, 3.05) is 11.9 Å². The van der Waals surface area contributed by atoms with Gasteiger partial charge < -0.3 is 9.73 Å². The molecular formula is C17H17N7O. The molecule has 8 heteroatoms. The van der Waals surface area contributed by atoms with Gasteiger partial charge in [0.2, 0.25) is 5.89 Å². The zero-order valence-electron chi connectivity index (χ0n) is 13.8. The summed E-state index contributed by atoms with van der Waals surface area (Å²) in [5.74, 6) is 1.63. The lowest BCUT2D eigenvalue weighted by Crippen LogP contribution is -2.09. The minimum Gasteiger partial charge on any atom is -0.420 e. The Morgan fingerprint density at radius 3 is 2.68 bits per heavy atom. The van der Waals surface area contributed by atoms with Crippen molar-refractivity contribution < 1.29 is 4.42 Å². The van der Waals surface area contributed by atoms with Gasteiger partial charge in [0.1, 0.15) is 0 Å². The zero-order chi connectivity index (χ0) is 17.1. The monoisotopic (exact) mass is 335 g/mol. The summed E-state index contributed by atoms with van der Waals surface area (Å²) < 4.78 is 7.41. The van der Waals surface area contributed by atoms with Gasteiger partial charge in [0.15, 0.2) is 11.5 Å². The van der Waals surface area contributed by atoms with Gasteiger partial charge in [0, 0.05) is 43.2 Å². The molecule has 8 nitrogen and oxygen atoms in total. The molecule has 126 valence electrons. The number of rotatable bonds is 6. The third-order valence-corrected chi connectivity index (χ3v) is 3.83. The van der Waals surface area contributed by atoms with E-state index >= 15 is 0 Å². The van der Waals surface area contributed by atoms with Crippen LogP contribution in [-0.4, -0.2) is 36.7 Å². The Labute approximate surface area is 143 Å². The van der Waals surface area contributed by atoms with Crippen LogP contribution in [0.4, 0.5) is 5.82 Å². The molecule has 1 N–H and O–H groups in total. The summed E-state index contributed by atoms with van der Waals surface area (Å²) >= 11 is 0. The molecular weight excluding hydrogens is 318 g/mol. The smallest absolute Gasteiger partial charge is 0.268 e. The quantitative estimate of drug-likeness (QED) is 0.541. The third kappa shape index (κ3) is 3.18. The molecule has 1 aromatic carbocycles. The van der Waals surface area contributed by atoms with Gasteiger partial charge in [-0.05, 0) is 12.5 Å². The number of benzene rings is 1. The number of fused-ring (bicyclic) bond motifs is 1. The van der Waals surface area contributed by atoms with Crippen LogP contribution in [0.1, 0.15) is 12.3 Å². The van der Waals surface area contributed by atoms with E-state index in [1.807, 2.05) is 41.2 Å². The second-order valence-corrected chi connectivity index (χ2v) is 5.62. The average molecular weight is 335 g/mol. The van der Waals surface area contributed by atoms with E-state index in [4.69, 9.17) is 4.42 Å². The highest BCUT2D eigenvalue weighted by Crippen LogP contribution is 2.28. The molecule has 0 saturated carbocycles. The normalized spacial score (nSPS) is 11.1. The van der Waals surface area contributed by atoms with Crippen LogP contribution in [0.25, 0.3) is 22.4 Å². The van der Waals surface area contributed by atoms with Crippen molar-refractivity contribution in [3.8, 4) is 11.6 Å². The Hall–Kier alpha value is -3.29. The summed E-state index contributed by atoms with van der Waals surface area (Å²) in [7, 11) is 0. The number of anilines is 1. The Balaban J connectivity index is 1.56. The number of nitrogens with zero attached hydrogens (tertiary/aromatic N) is 6. The van der Waals surface area contributed by atoms with E-state index in [0.29, 0.717) is 17.5 Å². The first-order valence-electron chi connectivity index (χ1n) is 8.08. The van der Waals surface area contributed by atoms with E-state index < -0.39 is 0 Å². The molecule has 0 spiro atoms. The lowest BCUT2D eigenvalue weighted by Gasteiger charge is -2.09. The Bertz CT molecular complexity index is 978. The van der Waals surface area contributed by atoms with Crippen molar-refractivity contribution in [2.24, 2.45) is 0 Å².